The van der Waals surface area contributed by atoms with E-state index < -0.39 is 0 Å². The quantitative estimate of drug-likeness (QED) is 0.491. The van der Waals surface area contributed by atoms with Crippen LogP contribution in [-0.2, 0) is 13.0 Å². The first kappa shape index (κ1) is 20.4. The Morgan fingerprint density at radius 1 is 1.22 bits per heavy atom. The lowest BCUT2D eigenvalue weighted by molar-refractivity contribution is 0.102. The molecule has 3 aromatic heterocycles. The van der Waals surface area contributed by atoms with Gasteiger partial charge in [0.2, 0.25) is 5.95 Å². The van der Waals surface area contributed by atoms with Gasteiger partial charge < -0.3 is 4.74 Å². The van der Waals surface area contributed by atoms with Crippen LogP contribution in [0.2, 0.25) is 0 Å². The van der Waals surface area contributed by atoms with Gasteiger partial charge in [-0.05, 0) is 37.5 Å². The van der Waals surface area contributed by atoms with Crippen molar-refractivity contribution in [1.82, 2.24) is 24.7 Å². The fraction of sp³-hybridized carbons (Fsp3) is 0.318. The summed E-state index contributed by atoms with van der Waals surface area (Å²) in [5.41, 5.74) is 1.32. The van der Waals surface area contributed by atoms with Gasteiger partial charge in [-0.2, -0.15) is 4.98 Å². The highest BCUT2D eigenvalue weighted by atomic mass is 32.1. The van der Waals surface area contributed by atoms with Crippen LogP contribution in [0.15, 0.2) is 29.1 Å². The van der Waals surface area contributed by atoms with Gasteiger partial charge in [-0.3, -0.25) is 24.6 Å². The predicted molar refractivity (Wildman–Crippen MR) is 122 cm³/mol. The number of hydrogen-bond acceptors (Lipinski definition) is 7. The number of nitrogens with zero attached hydrogens (tertiary/aromatic N) is 4. The molecular weight excluding hydrogens is 428 g/mol. The van der Waals surface area contributed by atoms with Gasteiger partial charge in [0.25, 0.3) is 11.5 Å². The smallest absolute Gasteiger partial charge is 0.268 e. The number of H-pyrrole nitrogens is 1. The molecule has 0 unspecified atom stereocenters. The lowest BCUT2D eigenvalue weighted by Crippen LogP contribution is -2.24. The van der Waals surface area contributed by atoms with E-state index in [9.17, 15) is 9.59 Å². The van der Waals surface area contributed by atoms with E-state index >= 15 is 0 Å². The number of hydrogen-bond donors (Lipinski definition) is 2. The van der Waals surface area contributed by atoms with Crippen LogP contribution in [0.3, 0.4) is 0 Å². The molecule has 0 fully saturated rings. The summed E-state index contributed by atoms with van der Waals surface area (Å²) >= 11 is 1.23. The monoisotopic (exact) mass is 450 g/mol. The lowest BCUT2D eigenvalue weighted by atomic mass is 10.2. The van der Waals surface area contributed by atoms with Crippen LogP contribution in [0.5, 0.6) is 5.75 Å². The van der Waals surface area contributed by atoms with Crippen molar-refractivity contribution in [2.75, 3.05) is 12.4 Å². The Hall–Kier alpha value is -3.53. The molecule has 0 aliphatic carbocycles. The van der Waals surface area contributed by atoms with Crippen molar-refractivity contribution < 1.29 is 9.53 Å². The second-order valence-corrected chi connectivity index (χ2v) is 8.69. The number of carbonyl (C=O) groups is 1. The Morgan fingerprint density at radius 2 is 2.06 bits per heavy atom. The van der Waals surface area contributed by atoms with E-state index in [0.29, 0.717) is 38.8 Å². The molecule has 5 rings (SSSR count). The van der Waals surface area contributed by atoms with E-state index in [4.69, 9.17) is 9.72 Å². The first-order valence-corrected chi connectivity index (χ1v) is 11.3. The molecule has 1 aliphatic rings. The molecule has 0 spiro atoms. The fourth-order valence-corrected chi connectivity index (χ4v) is 5.15. The number of ether oxygens (including phenoxy) is 1. The predicted octanol–water partition coefficient (Wildman–Crippen LogP) is 3.54. The molecule has 1 aliphatic heterocycles. The maximum atomic E-state index is 13.1. The number of benzene rings is 1. The largest absolute Gasteiger partial charge is 0.496 e. The van der Waals surface area contributed by atoms with Crippen LogP contribution in [-0.4, -0.2) is 37.7 Å². The van der Waals surface area contributed by atoms with Crippen molar-refractivity contribution >= 4 is 33.4 Å². The van der Waals surface area contributed by atoms with Gasteiger partial charge >= 0.3 is 0 Å². The van der Waals surface area contributed by atoms with Crippen molar-refractivity contribution in [3.05, 3.63) is 50.9 Å². The van der Waals surface area contributed by atoms with Gasteiger partial charge in [0.15, 0.2) is 5.82 Å². The normalized spacial score (nSPS) is 13.6. The van der Waals surface area contributed by atoms with Crippen LogP contribution in [0.1, 0.15) is 40.3 Å². The molecule has 164 valence electrons. The third-order valence-electron chi connectivity index (χ3n) is 5.69. The van der Waals surface area contributed by atoms with E-state index in [1.54, 1.807) is 18.6 Å². The molecule has 2 N–H and O–H groups in total. The van der Waals surface area contributed by atoms with Crippen molar-refractivity contribution in [3.8, 4) is 17.1 Å². The summed E-state index contributed by atoms with van der Waals surface area (Å²) in [5, 5.41) is 10.2. The highest BCUT2D eigenvalue weighted by Gasteiger charge is 2.23. The van der Waals surface area contributed by atoms with E-state index in [1.807, 2.05) is 24.3 Å². The summed E-state index contributed by atoms with van der Waals surface area (Å²) in [7, 11) is 1.58. The number of aromatic nitrogens is 5. The van der Waals surface area contributed by atoms with E-state index in [1.165, 1.54) is 11.3 Å². The zero-order chi connectivity index (χ0) is 22.2. The number of fused-ring (bicyclic) bond motifs is 2. The Bertz CT molecular complexity index is 1390. The van der Waals surface area contributed by atoms with Crippen LogP contribution >= 0.6 is 11.3 Å². The molecular formula is C22H22N6O3S. The van der Waals surface area contributed by atoms with Gasteiger partial charge in [0, 0.05) is 13.0 Å². The molecule has 0 radical (unpaired) electrons. The molecule has 0 saturated carbocycles. The average molecular weight is 451 g/mol. The minimum atomic E-state index is -0.365. The number of amides is 1. The second-order valence-electron chi connectivity index (χ2n) is 7.69. The molecule has 10 heteroatoms. The number of nitrogens with one attached hydrogen (secondary N) is 2. The summed E-state index contributed by atoms with van der Waals surface area (Å²) in [5.74, 6) is 1.72. The third kappa shape index (κ3) is 3.46. The zero-order valence-electron chi connectivity index (χ0n) is 17.8. The first-order chi connectivity index (χ1) is 15.6. The summed E-state index contributed by atoms with van der Waals surface area (Å²) in [6.07, 6.45) is 3.87. The number of aryl methyl sites for hydroxylation is 2. The molecule has 4 heterocycles. The SMILES string of the molecule is COc1ccccc1-c1nc(NC(=O)c2sc3nc4n(c(=O)c3c2C)CCCCC4)n[nH]1. The molecule has 32 heavy (non-hydrogen) atoms. The zero-order valence-corrected chi connectivity index (χ0v) is 18.6. The van der Waals surface area contributed by atoms with Gasteiger partial charge in [-0.15, -0.1) is 16.4 Å². The Labute approximate surface area is 187 Å². The summed E-state index contributed by atoms with van der Waals surface area (Å²) in [4.78, 5) is 36.3. The molecule has 1 aromatic carbocycles. The van der Waals surface area contributed by atoms with Gasteiger partial charge in [0.1, 0.15) is 16.4 Å². The highest BCUT2D eigenvalue weighted by Crippen LogP contribution is 2.30. The molecule has 9 nitrogen and oxygen atoms in total. The minimum absolute atomic E-state index is 0.0592. The maximum absolute atomic E-state index is 13.1. The maximum Gasteiger partial charge on any atom is 0.268 e. The Balaban J connectivity index is 1.46. The molecule has 1 amide bonds. The highest BCUT2D eigenvalue weighted by molar-refractivity contribution is 7.20. The minimum Gasteiger partial charge on any atom is -0.496 e. The van der Waals surface area contributed by atoms with Crippen molar-refractivity contribution in [1.29, 1.82) is 0 Å². The number of methoxy groups -OCH3 is 1. The average Bonchev–Trinajstić information content (AvgIpc) is 3.30. The van der Waals surface area contributed by atoms with Crippen LogP contribution < -0.4 is 15.6 Å². The Morgan fingerprint density at radius 3 is 2.91 bits per heavy atom. The standard InChI is InChI=1S/C22H22N6O3S/c1-12-16-20(23-15-10-4-3-7-11-28(15)21(16)30)32-17(12)19(29)25-22-24-18(26-27-22)13-8-5-6-9-14(13)31-2/h5-6,8-9H,3-4,7,10-11H2,1-2H3,(H2,24,25,26,27,29). The third-order valence-corrected chi connectivity index (χ3v) is 6.88. The number of aromatic amines is 1. The number of carbonyl (C=O) groups excluding carboxylic acids is 1. The number of rotatable bonds is 4. The molecule has 4 aromatic rings. The first-order valence-electron chi connectivity index (χ1n) is 10.5. The van der Waals surface area contributed by atoms with Crippen molar-refractivity contribution in [2.45, 2.75) is 39.2 Å². The second kappa shape index (κ2) is 8.19. The van der Waals surface area contributed by atoms with Crippen LogP contribution in [0.4, 0.5) is 5.95 Å². The Kier molecular flexibility index (Phi) is 5.22. The molecule has 0 saturated heterocycles. The number of thiophene rings is 1. The fourth-order valence-electron chi connectivity index (χ4n) is 4.06. The van der Waals surface area contributed by atoms with E-state index in [2.05, 4.69) is 20.5 Å². The van der Waals surface area contributed by atoms with Gasteiger partial charge in [-0.1, -0.05) is 18.6 Å². The summed E-state index contributed by atoms with van der Waals surface area (Å²) in [6.45, 7) is 2.47. The van der Waals surface area contributed by atoms with Crippen molar-refractivity contribution in [3.63, 3.8) is 0 Å². The van der Waals surface area contributed by atoms with Gasteiger partial charge in [0.05, 0.1) is 22.9 Å². The van der Waals surface area contributed by atoms with Crippen LogP contribution in [0, 0.1) is 6.92 Å². The van der Waals surface area contributed by atoms with Crippen molar-refractivity contribution in [2.24, 2.45) is 0 Å². The summed E-state index contributed by atoms with van der Waals surface area (Å²) in [6, 6.07) is 7.40. The van der Waals surface area contributed by atoms with E-state index in [0.717, 1.165) is 37.1 Å². The van der Waals surface area contributed by atoms with Crippen LogP contribution in [0.25, 0.3) is 21.6 Å². The molecule has 0 bridgehead atoms. The lowest BCUT2D eigenvalue weighted by Gasteiger charge is -2.08. The molecule has 0 atom stereocenters. The van der Waals surface area contributed by atoms with E-state index in [-0.39, 0.29) is 17.4 Å². The number of para-hydroxylation sites is 1. The number of anilines is 1. The topological polar surface area (TPSA) is 115 Å². The summed E-state index contributed by atoms with van der Waals surface area (Å²) < 4.78 is 7.13. The van der Waals surface area contributed by atoms with Gasteiger partial charge in [-0.25, -0.2) is 4.98 Å².